The molecule has 1 heterocycles. The van der Waals surface area contributed by atoms with Crippen LogP contribution in [-0.2, 0) is 10.0 Å². The van der Waals surface area contributed by atoms with Gasteiger partial charge in [-0.05, 0) is 47.8 Å². The zero-order valence-electron chi connectivity index (χ0n) is 15.2. The molecule has 2 aromatic carbocycles. The third kappa shape index (κ3) is 4.71. The summed E-state index contributed by atoms with van der Waals surface area (Å²) in [5, 5.41) is 4.49. The SMILES string of the molecule is CN(c1ccc(C(=O)NCCOc2ccccc2)cc1)S(=O)(=O)c1cccs1. The van der Waals surface area contributed by atoms with Crippen molar-refractivity contribution in [1.82, 2.24) is 5.32 Å². The average molecular weight is 417 g/mol. The fourth-order valence-electron chi connectivity index (χ4n) is 2.46. The van der Waals surface area contributed by atoms with Gasteiger partial charge in [-0.25, -0.2) is 8.42 Å². The number of benzene rings is 2. The zero-order chi connectivity index (χ0) is 20.0. The molecule has 1 N–H and O–H groups in total. The van der Waals surface area contributed by atoms with E-state index in [-0.39, 0.29) is 10.1 Å². The van der Waals surface area contributed by atoms with Gasteiger partial charge in [-0.2, -0.15) is 0 Å². The Labute approximate surface area is 168 Å². The first-order chi connectivity index (χ1) is 13.5. The van der Waals surface area contributed by atoms with Gasteiger partial charge in [-0.3, -0.25) is 9.10 Å². The predicted molar refractivity (Wildman–Crippen MR) is 111 cm³/mol. The standard InChI is InChI=1S/C20H20N2O4S2/c1-22(28(24,25)19-8-5-15-27-19)17-11-9-16(10-12-17)20(23)21-13-14-26-18-6-3-2-4-7-18/h2-12,15H,13-14H2,1H3,(H,21,23). The molecule has 1 aromatic heterocycles. The van der Waals surface area contributed by atoms with Crippen molar-refractivity contribution in [2.75, 3.05) is 24.5 Å². The van der Waals surface area contributed by atoms with E-state index in [9.17, 15) is 13.2 Å². The lowest BCUT2D eigenvalue weighted by Crippen LogP contribution is -2.28. The van der Waals surface area contributed by atoms with Crippen molar-refractivity contribution in [3.05, 3.63) is 77.7 Å². The van der Waals surface area contributed by atoms with Crippen LogP contribution in [0.15, 0.2) is 76.3 Å². The first kappa shape index (κ1) is 19.9. The van der Waals surface area contributed by atoms with Crippen molar-refractivity contribution in [1.29, 1.82) is 0 Å². The summed E-state index contributed by atoms with van der Waals surface area (Å²) in [7, 11) is -2.10. The molecule has 146 valence electrons. The molecule has 0 fully saturated rings. The van der Waals surface area contributed by atoms with Crippen molar-refractivity contribution in [3.63, 3.8) is 0 Å². The Hall–Kier alpha value is -2.84. The molecule has 0 atom stereocenters. The maximum atomic E-state index is 12.5. The molecule has 28 heavy (non-hydrogen) atoms. The van der Waals surface area contributed by atoms with E-state index in [4.69, 9.17) is 4.74 Å². The first-order valence-electron chi connectivity index (χ1n) is 8.57. The zero-order valence-corrected chi connectivity index (χ0v) is 16.9. The minimum Gasteiger partial charge on any atom is -0.492 e. The highest BCUT2D eigenvalue weighted by atomic mass is 32.2. The van der Waals surface area contributed by atoms with Gasteiger partial charge >= 0.3 is 0 Å². The topological polar surface area (TPSA) is 75.7 Å². The molecule has 0 bridgehead atoms. The molecule has 0 spiro atoms. The van der Waals surface area contributed by atoms with E-state index in [0.717, 1.165) is 17.1 Å². The Morgan fingerprint density at radius 1 is 1.04 bits per heavy atom. The lowest BCUT2D eigenvalue weighted by Gasteiger charge is -2.18. The second kappa shape index (κ2) is 8.90. The maximum Gasteiger partial charge on any atom is 0.273 e. The molecule has 8 heteroatoms. The quantitative estimate of drug-likeness (QED) is 0.571. The highest BCUT2D eigenvalue weighted by molar-refractivity contribution is 7.94. The molecule has 0 aliphatic carbocycles. The molecule has 0 radical (unpaired) electrons. The fraction of sp³-hybridized carbons (Fsp3) is 0.150. The van der Waals surface area contributed by atoms with Gasteiger partial charge in [0.25, 0.3) is 15.9 Å². The number of nitrogens with one attached hydrogen (secondary N) is 1. The van der Waals surface area contributed by atoms with Gasteiger partial charge < -0.3 is 10.1 Å². The Morgan fingerprint density at radius 3 is 2.39 bits per heavy atom. The number of rotatable bonds is 8. The number of ether oxygens (including phenoxy) is 1. The van der Waals surface area contributed by atoms with Gasteiger partial charge in [-0.1, -0.05) is 24.3 Å². The third-order valence-electron chi connectivity index (χ3n) is 4.00. The second-order valence-corrected chi connectivity index (χ2v) is 9.01. The third-order valence-corrected chi connectivity index (χ3v) is 7.16. The molecule has 0 aliphatic rings. The minimum atomic E-state index is -3.59. The molecule has 1 amide bonds. The lowest BCUT2D eigenvalue weighted by molar-refractivity contribution is 0.0947. The minimum absolute atomic E-state index is 0.244. The molecule has 3 rings (SSSR count). The summed E-state index contributed by atoms with van der Waals surface area (Å²) < 4.78 is 32.1. The van der Waals surface area contributed by atoms with Crippen molar-refractivity contribution >= 4 is 33.0 Å². The van der Waals surface area contributed by atoms with Crippen LogP contribution >= 0.6 is 11.3 Å². The van der Waals surface area contributed by atoms with E-state index < -0.39 is 10.0 Å². The summed E-state index contributed by atoms with van der Waals surface area (Å²) >= 11 is 1.16. The van der Waals surface area contributed by atoms with Crippen LogP contribution in [0.5, 0.6) is 5.75 Å². The maximum absolute atomic E-state index is 12.5. The van der Waals surface area contributed by atoms with E-state index in [1.807, 2.05) is 30.3 Å². The molecular weight excluding hydrogens is 396 g/mol. The molecular formula is C20H20N2O4S2. The number of para-hydroxylation sites is 1. The molecule has 0 unspecified atom stereocenters. The van der Waals surface area contributed by atoms with Gasteiger partial charge in [0.15, 0.2) is 0 Å². The van der Waals surface area contributed by atoms with Crippen LogP contribution in [0.4, 0.5) is 5.69 Å². The van der Waals surface area contributed by atoms with Crippen LogP contribution in [0.25, 0.3) is 0 Å². The van der Waals surface area contributed by atoms with Crippen LogP contribution < -0.4 is 14.4 Å². The van der Waals surface area contributed by atoms with Crippen LogP contribution in [0, 0.1) is 0 Å². The lowest BCUT2D eigenvalue weighted by atomic mass is 10.2. The summed E-state index contributed by atoms with van der Waals surface area (Å²) in [5.41, 5.74) is 0.933. The van der Waals surface area contributed by atoms with Crippen LogP contribution in [0.3, 0.4) is 0 Å². The number of hydrogen-bond acceptors (Lipinski definition) is 5. The second-order valence-electron chi connectivity index (χ2n) is 5.87. The number of thiophene rings is 1. The number of nitrogens with zero attached hydrogens (tertiary/aromatic N) is 1. The van der Waals surface area contributed by atoms with E-state index >= 15 is 0 Å². The number of carbonyl (C=O) groups excluding carboxylic acids is 1. The van der Waals surface area contributed by atoms with E-state index in [2.05, 4.69) is 5.32 Å². The Bertz CT molecular complexity index is 1000. The van der Waals surface area contributed by atoms with Crippen LogP contribution in [0.2, 0.25) is 0 Å². The summed E-state index contributed by atoms with van der Waals surface area (Å²) in [6, 6.07) is 19.0. The molecule has 0 aliphatic heterocycles. The van der Waals surface area contributed by atoms with Gasteiger partial charge in [0.2, 0.25) is 0 Å². The number of sulfonamides is 1. The van der Waals surface area contributed by atoms with E-state index in [0.29, 0.717) is 24.4 Å². The van der Waals surface area contributed by atoms with Crippen molar-refractivity contribution in [2.24, 2.45) is 0 Å². The van der Waals surface area contributed by atoms with Crippen molar-refractivity contribution < 1.29 is 17.9 Å². The first-order valence-corrected chi connectivity index (χ1v) is 10.9. The molecule has 0 saturated carbocycles. The smallest absolute Gasteiger partial charge is 0.273 e. The summed E-state index contributed by atoms with van der Waals surface area (Å²) in [5.74, 6) is 0.503. The highest BCUT2D eigenvalue weighted by Gasteiger charge is 2.22. The van der Waals surface area contributed by atoms with Crippen LogP contribution in [0.1, 0.15) is 10.4 Å². The van der Waals surface area contributed by atoms with Crippen LogP contribution in [-0.4, -0.2) is 34.5 Å². The average Bonchev–Trinajstić information content (AvgIpc) is 3.27. The van der Waals surface area contributed by atoms with Crippen molar-refractivity contribution in [2.45, 2.75) is 4.21 Å². The highest BCUT2D eigenvalue weighted by Crippen LogP contribution is 2.25. The fourth-order valence-corrected chi connectivity index (χ4v) is 4.82. The Kier molecular flexibility index (Phi) is 6.33. The predicted octanol–water partition coefficient (Wildman–Crippen LogP) is 3.38. The number of hydrogen-bond donors (Lipinski definition) is 1. The normalized spacial score (nSPS) is 11.0. The van der Waals surface area contributed by atoms with Gasteiger partial charge in [-0.15, -0.1) is 11.3 Å². The van der Waals surface area contributed by atoms with Crippen molar-refractivity contribution in [3.8, 4) is 5.75 Å². The summed E-state index contributed by atoms with van der Waals surface area (Å²) in [6.07, 6.45) is 0. The number of amides is 1. The summed E-state index contributed by atoms with van der Waals surface area (Å²) in [4.78, 5) is 12.2. The number of anilines is 1. The Balaban J connectivity index is 1.55. The number of carbonyl (C=O) groups is 1. The molecule has 6 nitrogen and oxygen atoms in total. The van der Waals surface area contributed by atoms with E-state index in [1.165, 1.54) is 11.4 Å². The summed E-state index contributed by atoms with van der Waals surface area (Å²) in [6.45, 7) is 0.720. The Morgan fingerprint density at radius 2 is 1.75 bits per heavy atom. The molecule has 3 aromatic rings. The monoisotopic (exact) mass is 416 g/mol. The van der Waals surface area contributed by atoms with Gasteiger partial charge in [0.05, 0.1) is 12.2 Å². The van der Waals surface area contributed by atoms with E-state index in [1.54, 1.807) is 41.8 Å². The van der Waals surface area contributed by atoms with Gasteiger partial charge in [0.1, 0.15) is 16.6 Å². The molecule has 0 saturated heterocycles. The largest absolute Gasteiger partial charge is 0.492 e. The van der Waals surface area contributed by atoms with Gasteiger partial charge in [0, 0.05) is 12.6 Å².